The van der Waals surface area contributed by atoms with Crippen molar-refractivity contribution in [1.82, 2.24) is 0 Å². The number of carbonyl (C=O) groups excluding carboxylic acids is 5. The maximum atomic E-state index is 12.4. The van der Waals surface area contributed by atoms with Crippen LogP contribution in [0.3, 0.4) is 0 Å². The minimum Gasteiger partial charge on any atom is -0.480 e. The minimum atomic E-state index is -1.20. The van der Waals surface area contributed by atoms with Crippen LogP contribution in [0, 0.1) is 162 Å². The first kappa shape index (κ1) is 121. The molecule has 0 aromatic carbocycles. The normalized spacial score (nSPS) is 38.4. The zero-order valence-electron chi connectivity index (χ0n) is 97.3. The third-order valence-electron chi connectivity index (χ3n) is 45.8. The first-order valence-electron chi connectivity index (χ1n) is 61.0. The molecule has 12 fully saturated rings. The van der Waals surface area contributed by atoms with Crippen molar-refractivity contribution in [2.75, 3.05) is 13.7 Å². The number of fused-ring (bicyclic) bond motifs is 20. The largest absolute Gasteiger partial charge is 0.480 e. The smallest absolute Gasteiger partial charge is 0.321 e. The van der Waals surface area contributed by atoms with Crippen LogP contribution in [0.2, 0.25) is 0 Å². The summed E-state index contributed by atoms with van der Waals surface area (Å²) in [5, 5.41) is 58.5. The molecule has 16 aliphatic carbocycles. The molecule has 0 heterocycles. The second kappa shape index (κ2) is 49.6. The average molecular weight is 2080 g/mol. The van der Waals surface area contributed by atoms with Crippen molar-refractivity contribution in [3.63, 3.8) is 0 Å². The zero-order valence-corrected chi connectivity index (χ0v) is 97.3. The van der Waals surface area contributed by atoms with Gasteiger partial charge in [-0.15, -0.1) is 0 Å². The third-order valence-corrected chi connectivity index (χ3v) is 45.8. The van der Waals surface area contributed by atoms with E-state index in [0.717, 1.165) is 255 Å². The number of unbranched alkanes of at least 4 members (excludes halogenated alkanes) is 2. The molecule has 0 aromatic heterocycles. The van der Waals surface area contributed by atoms with Gasteiger partial charge in [0.25, 0.3) is 0 Å². The first-order valence-corrected chi connectivity index (χ1v) is 61.0. The Bertz CT molecular complexity index is 4620. The van der Waals surface area contributed by atoms with Gasteiger partial charge in [-0.3, -0.25) is 33.6 Å². The van der Waals surface area contributed by atoms with Gasteiger partial charge in [0.1, 0.15) is 36.5 Å². The predicted octanol–water partition coefficient (Wildman–Crippen LogP) is 26.7. The number of carbonyl (C=O) groups is 7. The quantitative estimate of drug-likeness (QED) is 0.0119. The molecular weight excluding hydrogens is 1870 g/mol. The van der Waals surface area contributed by atoms with Crippen LogP contribution in [0.5, 0.6) is 0 Å². The number of carboxylic acids is 2. The number of allylic oxidation sites excluding steroid dienone is 4. The van der Waals surface area contributed by atoms with Crippen LogP contribution in [-0.4, -0.2) is 145 Å². The second-order valence-electron chi connectivity index (χ2n) is 57.4. The molecular formula is C128H213N3O18. The topological polar surface area (TPSA) is 365 Å². The lowest BCUT2D eigenvalue weighted by atomic mass is 9.47. The van der Waals surface area contributed by atoms with Crippen molar-refractivity contribution < 1.29 is 87.9 Å². The van der Waals surface area contributed by atoms with Crippen LogP contribution in [0.25, 0.3) is 0 Å². The SMILES string of the molecule is COC(=O)CCC(=O)O[C@H]1CC[C@@]2(C)C(=CC[C@H]3[C@@H]4CC[C@H]([C@H](C)CCCC(C)(C)O)[C@@]4(C)CC[C@@H]32)C1.C[C@H](CCCC(C)(C)O)[C@H]1CC[C@H]2[C@@H]3CC=C4C[C@@H](OC(=O)CCCCCN)CC[C@]4(C)[C@H]3CC[C@]12C.C[C@H](CCCC(C)(C)O)[C@H]1CC[C@H]2[C@@H]3CC=C4C[C@@H](OC(=O)CC[C@H](N)C(=O)O)CC[C@]4(C)[C@H]3CC[C@]12C.C[C@H](CCCC(C)(C)O)[C@H]1CC[C@H]2[C@@H]3CC=C4C[C@@H](OC(=O)C[C@H](N)C(=O)O)CC[C@]4(C)[C@H]3CC[C@]12C. The number of carboxylic acid groups (broad SMARTS) is 2. The average Bonchev–Trinajstić information content (AvgIpc) is 1.65. The number of aliphatic hydroxyl groups is 4. The Balaban J connectivity index is 0.000000166. The number of hydrogen-bond acceptors (Lipinski definition) is 19. The molecule has 34 atom stereocenters. The summed E-state index contributed by atoms with van der Waals surface area (Å²) in [6, 6.07) is -2.22. The lowest BCUT2D eigenvalue weighted by Crippen LogP contribution is -2.51. The number of nitrogens with two attached hydrogens (primary N) is 3. The van der Waals surface area contributed by atoms with Gasteiger partial charge in [-0.05, 0) is 448 Å². The van der Waals surface area contributed by atoms with Crippen molar-refractivity contribution in [3.8, 4) is 0 Å². The number of esters is 5. The molecule has 0 amide bonds. The van der Waals surface area contributed by atoms with Crippen molar-refractivity contribution in [1.29, 1.82) is 0 Å². The van der Waals surface area contributed by atoms with Gasteiger partial charge < -0.3 is 71.5 Å². The summed E-state index contributed by atoms with van der Waals surface area (Å²) in [7, 11) is 1.35. The Morgan fingerprint density at radius 1 is 0.322 bits per heavy atom. The Labute approximate surface area is 901 Å². The Morgan fingerprint density at radius 2 is 0.584 bits per heavy atom. The number of methoxy groups -OCH3 is 1. The van der Waals surface area contributed by atoms with Crippen molar-refractivity contribution in [2.45, 2.75) is 538 Å². The van der Waals surface area contributed by atoms with Gasteiger partial charge in [0.2, 0.25) is 0 Å². The fraction of sp³-hybridized carbons (Fsp3) is 0.883. The second-order valence-corrected chi connectivity index (χ2v) is 57.4. The van der Waals surface area contributed by atoms with E-state index < -0.39 is 52.4 Å². The molecule has 0 spiro atoms. The zero-order chi connectivity index (χ0) is 109. The Hall–Kier alpha value is -5.03. The molecule has 0 aromatic rings. The summed E-state index contributed by atoms with van der Waals surface area (Å²) in [6.45, 7) is 46.5. The molecule has 21 heteroatoms. The summed E-state index contributed by atoms with van der Waals surface area (Å²) < 4.78 is 27.9. The van der Waals surface area contributed by atoms with E-state index in [-0.39, 0.29) is 96.6 Å². The molecule has 12 N–H and O–H groups in total. The van der Waals surface area contributed by atoms with E-state index in [1.807, 2.05) is 55.4 Å². The molecule has 0 saturated heterocycles. The number of aliphatic carboxylic acids is 2. The van der Waals surface area contributed by atoms with E-state index in [9.17, 15) is 54.0 Å². The standard InChI is InChI=1S/C33H57NO3.C32H53NO5.C32H52O5.C31H51NO5/c1-23(10-9-18-31(2,3)36)27-14-15-28-26-13-12-24-22-25(37-30(35)11-7-6-8-21-34)16-19-32(24,4)29(26)17-20-33(27,28)5;1-20(7-6-16-30(2,3)37)24-10-11-25-23-9-8-21-19-22(38-28(34)13-12-27(33)29(35)36)14-17-31(21,4)26(23)15-18-32(24,25)5;1-21(8-7-17-30(2,3)35)25-11-12-26-24-10-9-22-20-23(37-29(34)14-13-28(33)36-6)15-18-31(22,4)27(24)16-19-32(25,26)5;1-19(7-6-14-29(2,3)36)23-10-11-24-22-9-8-20-17-21(37-27(33)18-26(32)28(34)35)12-15-30(20,4)25(22)13-16-31(23,24)5/h12,23,25-29,36H,6-11,13-22,34H2,1-5H3;8,20,22-27,37H,6-7,9-19,33H2,1-5H3,(H,35,36);9,21,23-27,35H,7-8,10-20H2,1-6H3;8,19,21-26,36H,6-7,9-18,32H2,1-5H3,(H,34,35)/t23-,25+,26+,27-,28+,29+,32+,33-;20-,22+,23+,24-,25+,26+,27+,31+,32-;21-,23+,24+,25-,26+,27+,31+,32-;19-,21+,22+,23-,24+,25+,26+,30+,31-/m1111/s1. The molecule has 0 unspecified atom stereocenters. The summed E-state index contributed by atoms with van der Waals surface area (Å²) in [4.78, 5) is 82.6. The van der Waals surface area contributed by atoms with Crippen molar-refractivity contribution >= 4 is 41.8 Å². The van der Waals surface area contributed by atoms with Gasteiger partial charge in [0.15, 0.2) is 0 Å². The van der Waals surface area contributed by atoms with Crippen molar-refractivity contribution in [2.24, 2.45) is 179 Å². The van der Waals surface area contributed by atoms with Gasteiger partial charge >= 0.3 is 41.8 Å². The summed E-state index contributed by atoms with van der Waals surface area (Å²) >= 11 is 0. The van der Waals surface area contributed by atoms with Gasteiger partial charge in [0, 0.05) is 38.5 Å². The third kappa shape index (κ3) is 28.3. The van der Waals surface area contributed by atoms with Crippen LogP contribution in [0.4, 0.5) is 0 Å². The fourth-order valence-corrected chi connectivity index (χ4v) is 37.6. The van der Waals surface area contributed by atoms with Crippen LogP contribution in [0.15, 0.2) is 46.6 Å². The first-order chi connectivity index (χ1) is 69.8. The van der Waals surface area contributed by atoms with Crippen molar-refractivity contribution in [3.05, 3.63) is 46.6 Å². The van der Waals surface area contributed by atoms with E-state index >= 15 is 0 Å². The number of hydrogen-bond donors (Lipinski definition) is 9. The summed E-state index contributed by atoms with van der Waals surface area (Å²) in [5.74, 6) is 11.7. The van der Waals surface area contributed by atoms with Crippen LogP contribution < -0.4 is 17.2 Å². The van der Waals surface area contributed by atoms with Crippen LogP contribution in [0.1, 0.15) is 479 Å². The molecule has 0 bridgehead atoms. The van der Waals surface area contributed by atoms with E-state index in [2.05, 4.69) is 112 Å². The summed E-state index contributed by atoms with van der Waals surface area (Å²) in [6.07, 6.45) is 64.0. The highest BCUT2D eigenvalue weighted by molar-refractivity contribution is 5.81. The van der Waals surface area contributed by atoms with E-state index in [1.54, 1.807) is 5.57 Å². The molecule has 848 valence electrons. The molecule has 16 rings (SSSR count). The van der Waals surface area contributed by atoms with E-state index in [4.69, 9.17) is 46.4 Å². The maximum Gasteiger partial charge on any atom is 0.321 e. The summed E-state index contributed by atoms with van der Waals surface area (Å²) in [5.41, 5.74) is 23.2. The lowest BCUT2D eigenvalue weighted by molar-refractivity contribution is -0.155. The molecule has 149 heavy (non-hydrogen) atoms. The lowest BCUT2D eigenvalue weighted by Gasteiger charge is -2.58. The molecule has 12 saturated carbocycles. The van der Waals surface area contributed by atoms with Crippen LogP contribution in [-0.2, 0) is 57.2 Å². The fourth-order valence-electron chi connectivity index (χ4n) is 37.6. The minimum absolute atomic E-state index is 0.0120. The van der Waals surface area contributed by atoms with Crippen LogP contribution >= 0.6 is 0 Å². The number of rotatable bonds is 39. The van der Waals surface area contributed by atoms with Gasteiger partial charge in [-0.2, -0.15) is 0 Å². The molecule has 0 aliphatic heterocycles. The highest BCUT2D eigenvalue weighted by Gasteiger charge is 2.65. The highest BCUT2D eigenvalue weighted by Crippen LogP contribution is 2.74. The van der Waals surface area contributed by atoms with Gasteiger partial charge in [-0.1, -0.05) is 187 Å². The molecule has 16 aliphatic rings. The predicted molar refractivity (Wildman–Crippen MR) is 591 cm³/mol. The van der Waals surface area contributed by atoms with Gasteiger partial charge in [0.05, 0.1) is 48.8 Å². The van der Waals surface area contributed by atoms with Gasteiger partial charge in [-0.25, -0.2) is 0 Å². The number of ether oxygens (including phenoxy) is 5. The maximum absolute atomic E-state index is 12.4. The van der Waals surface area contributed by atoms with E-state index in [0.29, 0.717) is 57.8 Å². The van der Waals surface area contributed by atoms with E-state index in [1.165, 1.54) is 172 Å². The Kier molecular flexibility index (Phi) is 40.3. The molecule has 21 nitrogen and oxygen atoms in total. The monoisotopic (exact) mass is 2080 g/mol. The molecule has 0 radical (unpaired) electrons. The Morgan fingerprint density at radius 3 is 0.846 bits per heavy atom. The highest BCUT2D eigenvalue weighted by atomic mass is 16.6.